The molecule has 0 aliphatic carbocycles. The van der Waals surface area contributed by atoms with E-state index in [-0.39, 0.29) is 12.2 Å². The van der Waals surface area contributed by atoms with E-state index in [1.54, 1.807) is 6.20 Å². The van der Waals surface area contributed by atoms with Gasteiger partial charge in [-0.05, 0) is 50.6 Å². The molecule has 2 N–H and O–H groups in total. The van der Waals surface area contributed by atoms with Gasteiger partial charge in [0.2, 0.25) is 5.96 Å². The number of anilines is 1. The Hall–Kier alpha value is -3.06. The van der Waals surface area contributed by atoms with Crippen molar-refractivity contribution in [3.8, 4) is 6.07 Å². The van der Waals surface area contributed by atoms with Crippen molar-refractivity contribution in [3.63, 3.8) is 0 Å². The molecule has 4 aliphatic heterocycles. The molecule has 1 aromatic carbocycles. The highest BCUT2D eigenvalue weighted by Crippen LogP contribution is 2.30. The number of pyridine rings is 1. The summed E-state index contributed by atoms with van der Waals surface area (Å²) in [4.78, 5) is 18.9. The first-order chi connectivity index (χ1) is 17.7. The molecule has 5 heterocycles. The summed E-state index contributed by atoms with van der Waals surface area (Å²) in [5.41, 5.74) is 2.51. The van der Waals surface area contributed by atoms with E-state index < -0.39 is 0 Å². The summed E-state index contributed by atoms with van der Waals surface area (Å²) in [7, 11) is 0. The minimum absolute atomic E-state index is 0.121. The highest BCUT2D eigenvalue weighted by molar-refractivity contribution is 5.95. The lowest BCUT2D eigenvalue weighted by Gasteiger charge is -2.40. The number of fused-ring (bicyclic) bond motifs is 2. The summed E-state index contributed by atoms with van der Waals surface area (Å²) >= 11 is 0. The first-order valence-electron chi connectivity index (χ1n) is 13.2. The number of hydrogen-bond donors (Lipinski definition) is 2. The van der Waals surface area contributed by atoms with Gasteiger partial charge in [-0.25, -0.2) is 9.98 Å². The molecule has 9 heteroatoms. The number of benzene rings is 1. The maximum absolute atomic E-state index is 9.50. The Morgan fingerprint density at radius 2 is 2.17 bits per heavy atom. The molecule has 188 valence electrons. The van der Waals surface area contributed by atoms with E-state index in [1.165, 1.54) is 0 Å². The lowest BCUT2D eigenvalue weighted by molar-refractivity contribution is -0.0295. The topological polar surface area (TPSA) is 101 Å². The van der Waals surface area contributed by atoms with Crippen LogP contribution in [0.2, 0.25) is 0 Å². The molecule has 5 atom stereocenters. The molecular formula is C27H34N8O. The van der Waals surface area contributed by atoms with E-state index in [0.29, 0.717) is 23.6 Å². The van der Waals surface area contributed by atoms with E-state index in [4.69, 9.17) is 9.73 Å². The molecule has 6 rings (SSSR count). The monoisotopic (exact) mass is 486 g/mol. The van der Waals surface area contributed by atoms with Gasteiger partial charge in [0.25, 0.3) is 0 Å². The molecule has 3 saturated heterocycles. The molecule has 5 unspecified atom stereocenters. The maximum Gasteiger partial charge on any atom is 0.218 e. The van der Waals surface area contributed by atoms with Crippen LogP contribution in [0.25, 0.3) is 10.9 Å². The Morgan fingerprint density at radius 1 is 1.22 bits per heavy atom. The maximum atomic E-state index is 9.50. The van der Waals surface area contributed by atoms with Crippen molar-refractivity contribution in [2.75, 3.05) is 50.7 Å². The van der Waals surface area contributed by atoms with Gasteiger partial charge in [0.1, 0.15) is 6.07 Å². The Morgan fingerprint density at radius 3 is 3.08 bits per heavy atom. The molecule has 0 saturated carbocycles. The fourth-order valence-electron chi connectivity index (χ4n) is 6.07. The van der Waals surface area contributed by atoms with Crippen LogP contribution in [0.4, 0.5) is 5.69 Å². The smallest absolute Gasteiger partial charge is 0.218 e. The van der Waals surface area contributed by atoms with E-state index >= 15 is 0 Å². The van der Waals surface area contributed by atoms with Gasteiger partial charge >= 0.3 is 0 Å². The number of aliphatic imine (C=N–C) groups is 2. The molecule has 36 heavy (non-hydrogen) atoms. The molecule has 4 aliphatic rings. The van der Waals surface area contributed by atoms with Crippen molar-refractivity contribution < 1.29 is 4.74 Å². The minimum atomic E-state index is 0.121. The average molecular weight is 487 g/mol. The summed E-state index contributed by atoms with van der Waals surface area (Å²) in [6, 6.07) is 11.0. The zero-order chi connectivity index (χ0) is 24.5. The standard InChI is InChI=1S/C27H34N8O/c1-18-14-35(25-5-4-19(11-28)26-23(25)3-2-8-30-26)17-22(36-18)16-34-10-7-21(15-34)32-27-31-13-20-12-29-9-6-24(20)33-27/h2-5,8,13,18,20-22,24,29H,6-7,9-10,12,14-17H2,1H3,(H,32,33). The quantitative estimate of drug-likeness (QED) is 0.679. The fourth-order valence-corrected chi connectivity index (χ4v) is 6.07. The number of rotatable bonds is 4. The minimum Gasteiger partial charge on any atom is -0.370 e. The zero-order valence-corrected chi connectivity index (χ0v) is 20.8. The second-order valence-corrected chi connectivity index (χ2v) is 10.5. The van der Waals surface area contributed by atoms with Gasteiger partial charge in [0.15, 0.2) is 0 Å². The highest BCUT2D eigenvalue weighted by Gasteiger charge is 2.32. The molecule has 9 nitrogen and oxygen atoms in total. The van der Waals surface area contributed by atoms with Crippen molar-refractivity contribution in [2.45, 2.75) is 44.1 Å². The van der Waals surface area contributed by atoms with Gasteiger partial charge < -0.3 is 20.3 Å². The molecule has 0 bridgehead atoms. The van der Waals surface area contributed by atoms with Gasteiger partial charge in [-0.1, -0.05) is 0 Å². The van der Waals surface area contributed by atoms with Gasteiger partial charge in [-0.2, -0.15) is 5.26 Å². The van der Waals surface area contributed by atoms with Gasteiger partial charge in [-0.3, -0.25) is 9.88 Å². The van der Waals surface area contributed by atoms with E-state index in [2.05, 4.69) is 61.8 Å². The average Bonchev–Trinajstić information content (AvgIpc) is 3.34. The lowest BCUT2D eigenvalue weighted by atomic mass is 9.94. The predicted molar refractivity (Wildman–Crippen MR) is 142 cm³/mol. The molecule has 3 fully saturated rings. The lowest BCUT2D eigenvalue weighted by Crippen LogP contribution is -2.51. The molecule has 1 aromatic heterocycles. The van der Waals surface area contributed by atoms with Crippen LogP contribution in [0, 0.1) is 17.2 Å². The second-order valence-electron chi connectivity index (χ2n) is 10.5. The number of ether oxygens (including phenoxy) is 1. The van der Waals surface area contributed by atoms with Crippen LogP contribution in [0.5, 0.6) is 0 Å². The number of aromatic nitrogens is 1. The summed E-state index contributed by atoms with van der Waals surface area (Å²) < 4.78 is 6.38. The number of nitrogens with one attached hydrogen (secondary N) is 2. The van der Waals surface area contributed by atoms with E-state index in [9.17, 15) is 5.26 Å². The Kier molecular flexibility index (Phi) is 6.57. The number of piperidine rings is 1. The summed E-state index contributed by atoms with van der Waals surface area (Å²) in [5, 5.41) is 17.6. The summed E-state index contributed by atoms with van der Waals surface area (Å²) in [5.74, 6) is 1.24. The number of guanidine groups is 1. The van der Waals surface area contributed by atoms with Crippen LogP contribution >= 0.6 is 0 Å². The van der Waals surface area contributed by atoms with Gasteiger partial charge in [-0.15, -0.1) is 0 Å². The van der Waals surface area contributed by atoms with Crippen molar-refractivity contribution in [2.24, 2.45) is 15.9 Å². The van der Waals surface area contributed by atoms with E-state index in [0.717, 1.165) is 81.2 Å². The number of likely N-dealkylation sites (tertiary alicyclic amines) is 1. The number of morpholine rings is 1. The van der Waals surface area contributed by atoms with Gasteiger partial charge in [0, 0.05) is 74.7 Å². The third-order valence-corrected chi connectivity index (χ3v) is 7.77. The highest BCUT2D eigenvalue weighted by atomic mass is 16.5. The normalized spacial score (nSPS) is 30.6. The van der Waals surface area contributed by atoms with Crippen LogP contribution in [-0.2, 0) is 4.74 Å². The van der Waals surface area contributed by atoms with Crippen molar-refractivity contribution in [3.05, 3.63) is 36.0 Å². The van der Waals surface area contributed by atoms with Gasteiger partial charge in [0.05, 0.1) is 29.3 Å². The Bertz CT molecular complexity index is 1210. The van der Waals surface area contributed by atoms with E-state index in [1.807, 2.05) is 12.1 Å². The fraction of sp³-hybridized carbons (Fsp3) is 0.556. The third kappa shape index (κ3) is 4.81. The predicted octanol–water partition coefficient (Wildman–Crippen LogP) is 1.78. The first kappa shape index (κ1) is 23.3. The van der Waals surface area contributed by atoms with Crippen LogP contribution in [-0.4, -0.2) is 92.2 Å². The molecule has 0 spiro atoms. The number of hydrogen-bond acceptors (Lipinski definition) is 9. The summed E-state index contributed by atoms with van der Waals surface area (Å²) in [6.07, 6.45) is 6.25. The Labute approximate surface area is 212 Å². The first-order valence-corrected chi connectivity index (χ1v) is 13.2. The number of nitrogens with zero attached hydrogens (tertiary/aromatic N) is 6. The molecule has 0 amide bonds. The summed E-state index contributed by atoms with van der Waals surface area (Å²) in [6.45, 7) is 8.73. The van der Waals surface area contributed by atoms with Crippen LogP contribution in [0.3, 0.4) is 0 Å². The van der Waals surface area contributed by atoms with Crippen molar-refractivity contribution in [1.29, 1.82) is 5.26 Å². The third-order valence-electron chi connectivity index (χ3n) is 7.77. The molecule has 0 radical (unpaired) electrons. The molecule has 2 aromatic rings. The number of nitriles is 1. The van der Waals surface area contributed by atoms with Crippen molar-refractivity contribution >= 4 is 28.8 Å². The van der Waals surface area contributed by atoms with Crippen LogP contribution in [0.1, 0.15) is 25.3 Å². The van der Waals surface area contributed by atoms with Crippen LogP contribution < -0.4 is 15.5 Å². The Balaban J connectivity index is 1.09. The SMILES string of the molecule is CC1CN(c2ccc(C#N)c3ncccc23)CC(CN2CCC(NC3=NC4CCNCC4C=N3)C2)O1. The second kappa shape index (κ2) is 10.1. The van der Waals surface area contributed by atoms with Crippen molar-refractivity contribution in [1.82, 2.24) is 20.5 Å². The largest absolute Gasteiger partial charge is 0.370 e. The zero-order valence-electron chi connectivity index (χ0n) is 20.8. The van der Waals surface area contributed by atoms with Crippen LogP contribution in [0.15, 0.2) is 40.4 Å². The molecular weight excluding hydrogens is 452 g/mol.